The fraction of sp³-hybridized carbons (Fsp3) is 0.714. The lowest BCUT2D eigenvalue weighted by molar-refractivity contribution is -0.138. The van der Waals surface area contributed by atoms with Gasteiger partial charge in [0, 0.05) is 31.7 Å². The zero-order valence-corrected chi connectivity index (χ0v) is 11.7. The molecule has 1 aliphatic heterocycles. The van der Waals surface area contributed by atoms with Gasteiger partial charge in [-0.2, -0.15) is 0 Å². The first kappa shape index (κ1) is 14.1. The van der Waals surface area contributed by atoms with Crippen LogP contribution < -0.4 is 0 Å². The third kappa shape index (κ3) is 3.80. The number of hydrogen-bond donors (Lipinski definition) is 1. The summed E-state index contributed by atoms with van der Waals surface area (Å²) in [5.74, 6) is -0.388. The summed E-state index contributed by atoms with van der Waals surface area (Å²) in [6.45, 7) is 7.10. The Balaban J connectivity index is 1.95. The fourth-order valence-corrected chi connectivity index (χ4v) is 2.86. The molecule has 1 aliphatic rings. The van der Waals surface area contributed by atoms with Crippen LogP contribution in [0.1, 0.15) is 44.8 Å². The highest BCUT2D eigenvalue weighted by atomic mass is 16.4. The molecule has 0 aliphatic carbocycles. The number of hydrogen-bond acceptors (Lipinski definition) is 3. The molecular weight excluding hydrogens is 242 g/mol. The minimum Gasteiger partial charge on any atom is -0.481 e. The van der Waals surface area contributed by atoms with E-state index < -0.39 is 5.97 Å². The van der Waals surface area contributed by atoms with Crippen LogP contribution >= 0.6 is 0 Å². The highest BCUT2D eigenvalue weighted by Crippen LogP contribution is 2.21. The van der Waals surface area contributed by atoms with E-state index in [-0.39, 0.29) is 0 Å². The zero-order valence-electron chi connectivity index (χ0n) is 11.7. The van der Waals surface area contributed by atoms with E-state index in [9.17, 15) is 4.79 Å². The molecule has 5 nitrogen and oxygen atoms in total. The molecule has 19 heavy (non-hydrogen) atoms. The first-order valence-corrected chi connectivity index (χ1v) is 7.01. The average Bonchev–Trinajstić information content (AvgIpc) is 2.76. The van der Waals surface area contributed by atoms with Crippen LogP contribution in [0.2, 0.25) is 0 Å². The van der Waals surface area contributed by atoms with E-state index in [0.29, 0.717) is 18.4 Å². The third-order valence-electron chi connectivity index (χ3n) is 3.75. The van der Waals surface area contributed by atoms with Crippen molar-refractivity contribution in [3.05, 3.63) is 18.2 Å². The minimum atomic E-state index is -0.681. The number of aliphatic carboxylic acids is 1. The van der Waals surface area contributed by atoms with E-state index in [1.165, 1.54) is 5.69 Å². The van der Waals surface area contributed by atoms with E-state index in [4.69, 9.17) is 5.11 Å². The molecule has 1 atom stereocenters. The fourth-order valence-electron chi connectivity index (χ4n) is 2.86. The van der Waals surface area contributed by atoms with Gasteiger partial charge in [-0.1, -0.05) is 0 Å². The topological polar surface area (TPSA) is 58.4 Å². The number of carboxylic acid groups (broad SMARTS) is 1. The molecule has 0 radical (unpaired) electrons. The molecule has 0 spiro atoms. The summed E-state index contributed by atoms with van der Waals surface area (Å²) >= 11 is 0. The Labute approximate surface area is 114 Å². The van der Waals surface area contributed by atoms with Gasteiger partial charge in [-0.25, -0.2) is 4.98 Å². The monoisotopic (exact) mass is 265 g/mol. The number of likely N-dealkylation sites (tertiary alicyclic amines) is 1. The van der Waals surface area contributed by atoms with Gasteiger partial charge >= 0.3 is 5.97 Å². The maximum absolute atomic E-state index is 10.8. The van der Waals surface area contributed by atoms with Crippen molar-refractivity contribution in [1.29, 1.82) is 0 Å². The predicted molar refractivity (Wildman–Crippen MR) is 72.9 cm³/mol. The Morgan fingerprint density at radius 1 is 1.58 bits per heavy atom. The van der Waals surface area contributed by atoms with Gasteiger partial charge in [-0.15, -0.1) is 0 Å². The summed E-state index contributed by atoms with van der Waals surface area (Å²) in [7, 11) is 0. The first-order chi connectivity index (χ1) is 9.06. The Kier molecular flexibility index (Phi) is 4.58. The van der Waals surface area contributed by atoms with Gasteiger partial charge in [0.25, 0.3) is 0 Å². The molecular formula is C14H23N3O2. The zero-order chi connectivity index (χ0) is 13.8. The van der Waals surface area contributed by atoms with Gasteiger partial charge in [-0.3, -0.25) is 9.69 Å². The summed E-state index contributed by atoms with van der Waals surface area (Å²) in [5, 5.41) is 8.89. The van der Waals surface area contributed by atoms with Crippen LogP contribution in [0.4, 0.5) is 0 Å². The maximum atomic E-state index is 10.8. The summed E-state index contributed by atoms with van der Waals surface area (Å²) in [6.07, 6.45) is 6.21. The number of aromatic nitrogens is 2. The van der Waals surface area contributed by atoms with Crippen molar-refractivity contribution in [3.8, 4) is 0 Å². The van der Waals surface area contributed by atoms with E-state index >= 15 is 0 Å². The standard InChI is InChI=1S/C14H23N3O2/c1-11(2)17-10-15-7-13(17)9-16-5-3-4-12(8-16)6-14(18)19/h7,10-12H,3-6,8-9H2,1-2H3,(H,18,19). The Bertz CT molecular complexity index is 428. The molecule has 0 aromatic carbocycles. The van der Waals surface area contributed by atoms with Crippen LogP contribution in [0, 0.1) is 5.92 Å². The third-order valence-corrected chi connectivity index (χ3v) is 3.75. The SMILES string of the molecule is CC(C)n1cncc1CN1CCCC(CC(=O)O)C1. The largest absolute Gasteiger partial charge is 0.481 e. The molecule has 2 rings (SSSR count). The molecule has 1 aromatic heterocycles. The molecule has 1 aromatic rings. The molecule has 0 saturated carbocycles. The second-order valence-electron chi connectivity index (χ2n) is 5.73. The van der Waals surface area contributed by atoms with Crippen molar-refractivity contribution >= 4 is 5.97 Å². The molecule has 5 heteroatoms. The number of imidazole rings is 1. The Hall–Kier alpha value is -1.36. The molecule has 1 saturated heterocycles. The van der Waals surface area contributed by atoms with Crippen molar-refractivity contribution < 1.29 is 9.90 Å². The van der Waals surface area contributed by atoms with Crippen LogP contribution in [0.3, 0.4) is 0 Å². The smallest absolute Gasteiger partial charge is 0.303 e. The van der Waals surface area contributed by atoms with Gasteiger partial charge in [0.05, 0.1) is 12.0 Å². The summed E-state index contributed by atoms with van der Waals surface area (Å²) < 4.78 is 2.18. The van der Waals surface area contributed by atoms with Crippen LogP contribution in [-0.4, -0.2) is 38.6 Å². The van der Waals surface area contributed by atoms with Crippen molar-refractivity contribution in [2.24, 2.45) is 5.92 Å². The maximum Gasteiger partial charge on any atom is 0.303 e. The van der Waals surface area contributed by atoms with Gasteiger partial charge in [0.2, 0.25) is 0 Å². The molecule has 1 N–H and O–H groups in total. The van der Waals surface area contributed by atoms with Gasteiger partial charge in [0.15, 0.2) is 0 Å². The number of rotatable bonds is 5. The van der Waals surface area contributed by atoms with Crippen molar-refractivity contribution in [2.45, 2.75) is 45.7 Å². The predicted octanol–water partition coefficient (Wildman–Crippen LogP) is 2.15. The minimum absolute atomic E-state index is 0.292. The van der Waals surface area contributed by atoms with E-state index in [1.54, 1.807) is 0 Å². The van der Waals surface area contributed by atoms with Gasteiger partial charge in [0.1, 0.15) is 0 Å². The highest BCUT2D eigenvalue weighted by Gasteiger charge is 2.22. The number of piperidine rings is 1. The summed E-state index contributed by atoms with van der Waals surface area (Å²) in [4.78, 5) is 17.4. The Morgan fingerprint density at radius 2 is 2.37 bits per heavy atom. The van der Waals surface area contributed by atoms with Crippen LogP contribution in [0.5, 0.6) is 0 Å². The van der Waals surface area contributed by atoms with E-state index in [2.05, 4.69) is 28.3 Å². The average molecular weight is 265 g/mol. The van der Waals surface area contributed by atoms with E-state index in [1.807, 2.05) is 12.5 Å². The first-order valence-electron chi connectivity index (χ1n) is 7.01. The molecule has 1 fully saturated rings. The Morgan fingerprint density at radius 3 is 3.05 bits per heavy atom. The molecule has 106 valence electrons. The summed E-state index contributed by atoms with van der Waals surface area (Å²) in [6, 6.07) is 0.414. The quantitative estimate of drug-likeness (QED) is 0.886. The number of carbonyl (C=O) groups is 1. The van der Waals surface area contributed by atoms with Crippen molar-refractivity contribution in [2.75, 3.05) is 13.1 Å². The number of nitrogens with zero attached hydrogens (tertiary/aromatic N) is 3. The van der Waals surface area contributed by atoms with Gasteiger partial charge in [-0.05, 0) is 39.2 Å². The van der Waals surface area contributed by atoms with Crippen molar-refractivity contribution in [1.82, 2.24) is 14.5 Å². The van der Waals surface area contributed by atoms with Crippen LogP contribution in [0.15, 0.2) is 12.5 Å². The lowest BCUT2D eigenvalue weighted by Crippen LogP contribution is -2.36. The summed E-state index contributed by atoms with van der Waals surface area (Å²) in [5.41, 5.74) is 1.21. The molecule has 1 unspecified atom stereocenters. The number of carboxylic acids is 1. The van der Waals surface area contributed by atoms with Crippen LogP contribution in [0.25, 0.3) is 0 Å². The molecule has 2 heterocycles. The molecule has 0 bridgehead atoms. The normalized spacial score (nSPS) is 20.9. The van der Waals surface area contributed by atoms with Crippen LogP contribution in [-0.2, 0) is 11.3 Å². The van der Waals surface area contributed by atoms with Gasteiger partial charge < -0.3 is 9.67 Å². The second-order valence-corrected chi connectivity index (χ2v) is 5.73. The lowest BCUT2D eigenvalue weighted by atomic mass is 9.95. The van der Waals surface area contributed by atoms with Crippen molar-refractivity contribution in [3.63, 3.8) is 0 Å². The molecule has 0 amide bonds. The highest BCUT2D eigenvalue weighted by molar-refractivity contribution is 5.67. The second kappa shape index (κ2) is 6.19. The lowest BCUT2D eigenvalue weighted by Gasteiger charge is -2.32. The van der Waals surface area contributed by atoms with E-state index in [0.717, 1.165) is 32.5 Å².